The topological polar surface area (TPSA) is 39.9 Å². The maximum absolute atomic E-state index is 5.81. The van der Waals surface area contributed by atoms with Crippen LogP contribution in [0.4, 0.5) is 0 Å². The van der Waals surface area contributed by atoms with Crippen LogP contribution >= 0.6 is 11.6 Å². The Bertz CT molecular complexity index is 309. The van der Waals surface area contributed by atoms with Crippen LogP contribution in [-0.4, -0.2) is 28.0 Å². The summed E-state index contributed by atoms with van der Waals surface area (Å²) < 4.78 is 7.30. The molecule has 1 atom stereocenters. The maximum Gasteiger partial charge on any atom is 0.142 e. The molecule has 84 valence electrons. The van der Waals surface area contributed by atoms with Crippen molar-refractivity contribution in [2.45, 2.75) is 31.7 Å². The number of halogens is 1. The molecule has 1 saturated heterocycles. The number of aromatic nitrogens is 3. The minimum absolute atomic E-state index is 0.366. The quantitative estimate of drug-likeness (QED) is 0.745. The number of hydrogen-bond acceptors (Lipinski definition) is 3. The molecule has 1 unspecified atom stereocenters. The first-order chi connectivity index (χ1) is 7.33. The van der Waals surface area contributed by atoms with E-state index in [-0.39, 0.29) is 0 Å². The van der Waals surface area contributed by atoms with E-state index in [1.807, 2.05) is 4.68 Å². The summed E-state index contributed by atoms with van der Waals surface area (Å²) in [7, 11) is 0. The minimum Gasteiger partial charge on any atom is -0.381 e. The molecular weight excluding hydrogens is 214 g/mol. The summed E-state index contributed by atoms with van der Waals surface area (Å²) >= 11 is 5.81. The van der Waals surface area contributed by atoms with Crippen molar-refractivity contribution in [2.75, 3.05) is 13.2 Å². The third-order valence-corrected chi connectivity index (χ3v) is 3.34. The Morgan fingerprint density at radius 2 is 2.33 bits per heavy atom. The molecule has 0 spiro atoms. The normalized spacial score (nSPS) is 20.4. The number of alkyl halides is 1. The van der Waals surface area contributed by atoms with Gasteiger partial charge in [0.25, 0.3) is 0 Å². The van der Waals surface area contributed by atoms with Gasteiger partial charge in [0, 0.05) is 13.2 Å². The summed E-state index contributed by atoms with van der Waals surface area (Å²) in [6.07, 6.45) is 3.78. The zero-order valence-electron chi connectivity index (χ0n) is 8.90. The van der Waals surface area contributed by atoms with Gasteiger partial charge in [-0.3, -0.25) is 0 Å². The lowest BCUT2D eigenvalue weighted by atomic mass is 9.93. The van der Waals surface area contributed by atoms with Gasteiger partial charge in [-0.1, -0.05) is 0 Å². The highest BCUT2D eigenvalue weighted by atomic mass is 35.5. The lowest BCUT2D eigenvalue weighted by molar-refractivity contribution is 0.0491. The Kier molecular flexibility index (Phi) is 3.59. The third kappa shape index (κ3) is 2.32. The van der Waals surface area contributed by atoms with E-state index >= 15 is 0 Å². The highest BCUT2D eigenvalue weighted by Crippen LogP contribution is 2.27. The first-order valence-electron chi connectivity index (χ1n) is 5.35. The standard InChI is InChI=1S/C10H16ClN3O/c1-8(9-2-4-15-5-3-9)14-10(6-11)12-7-13-14/h7-9H,2-6H2,1H3. The monoisotopic (exact) mass is 229 g/mol. The van der Waals surface area contributed by atoms with E-state index in [2.05, 4.69) is 17.0 Å². The molecule has 1 fully saturated rings. The fraction of sp³-hybridized carbons (Fsp3) is 0.800. The molecule has 1 aromatic heterocycles. The Hall–Kier alpha value is -0.610. The Balaban J connectivity index is 2.08. The summed E-state index contributed by atoms with van der Waals surface area (Å²) in [5, 5.41) is 4.24. The molecule has 5 heteroatoms. The van der Waals surface area contributed by atoms with Crippen molar-refractivity contribution in [3.63, 3.8) is 0 Å². The minimum atomic E-state index is 0.366. The van der Waals surface area contributed by atoms with Crippen LogP contribution in [0.1, 0.15) is 31.6 Å². The van der Waals surface area contributed by atoms with Crippen molar-refractivity contribution in [3.05, 3.63) is 12.2 Å². The molecule has 1 aliphatic heterocycles. The van der Waals surface area contributed by atoms with Gasteiger partial charge in [0.05, 0.1) is 11.9 Å². The van der Waals surface area contributed by atoms with Gasteiger partial charge in [0.15, 0.2) is 0 Å². The second-order valence-corrected chi connectivity index (χ2v) is 4.21. The fourth-order valence-corrected chi connectivity index (χ4v) is 2.30. The SMILES string of the molecule is CC(C1CCOCC1)n1ncnc1CCl. The molecule has 15 heavy (non-hydrogen) atoms. The van der Waals surface area contributed by atoms with E-state index in [4.69, 9.17) is 16.3 Å². The first-order valence-corrected chi connectivity index (χ1v) is 5.88. The van der Waals surface area contributed by atoms with Gasteiger partial charge < -0.3 is 4.74 Å². The van der Waals surface area contributed by atoms with Crippen LogP contribution in [0.3, 0.4) is 0 Å². The molecule has 0 aromatic carbocycles. The van der Waals surface area contributed by atoms with Crippen molar-refractivity contribution >= 4 is 11.6 Å². The molecule has 0 N–H and O–H groups in total. The molecule has 2 heterocycles. The number of ether oxygens (including phenoxy) is 1. The largest absolute Gasteiger partial charge is 0.381 e. The first kappa shape index (κ1) is 10.9. The summed E-state index contributed by atoms with van der Waals surface area (Å²) in [5.74, 6) is 1.91. The molecule has 1 aromatic rings. The molecule has 0 aliphatic carbocycles. The molecule has 2 rings (SSSR count). The average Bonchev–Trinajstić information content (AvgIpc) is 2.77. The van der Waals surface area contributed by atoms with Gasteiger partial charge in [-0.05, 0) is 25.7 Å². The van der Waals surface area contributed by atoms with E-state index in [1.54, 1.807) is 6.33 Å². The average molecular weight is 230 g/mol. The lowest BCUT2D eigenvalue weighted by Gasteiger charge is -2.28. The number of hydrogen-bond donors (Lipinski definition) is 0. The second kappa shape index (κ2) is 4.94. The highest BCUT2D eigenvalue weighted by Gasteiger charge is 2.23. The molecule has 0 radical (unpaired) electrons. The van der Waals surface area contributed by atoms with Gasteiger partial charge in [-0.15, -0.1) is 11.6 Å². The van der Waals surface area contributed by atoms with Crippen LogP contribution in [0.25, 0.3) is 0 Å². The van der Waals surface area contributed by atoms with Gasteiger partial charge >= 0.3 is 0 Å². The summed E-state index contributed by atoms with van der Waals surface area (Å²) in [6.45, 7) is 3.90. The molecule has 1 aliphatic rings. The van der Waals surface area contributed by atoms with Crippen LogP contribution in [-0.2, 0) is 10.6 Å². The highest BCUT2D eigenvalue weighted by molar-refractivity contribution is 6.16. The van der Waals surface area contributed by atoms with Crippen molar-refractivity contribution in [1.29, 1.82) is 0 Å². The van der Waals surface area contributed by atoms with E-state index in [1.165, 1.54) is 0 Å². The second-order valence-electron chi connectivity index (χ2n) is 3.94. The van der Waals surface area contributed by atoms with E-state index in [0.29, 0.717) is 17.8 Å². The maximum atomic E-state index is 5.81. The zero-order chi connectivity index (χ0) is 10.7. The predicted molar refractivity (Wildman–Crippen MR) is 57.8 cm³/mol. The smallest absolute Gasteiger partial charge is 0.142 e. The van der Waals surface area contributed by atoms with E-state index < -0.39 is 0 Å². The number of rotatable bonds is 3. The van der Waals surface area contributed by atoms with Crippen LogP contribution in [0.2, 0.25) is 0 Å². The lowest BCUT2D eigenvalue weighted by Crippen LogP contribution is -2.25. The molecule has 0 saturated carbocycles. The Morgan fingerprint density at radius 1 is 1.60 bits per heavy atom. The van der Waals surface area contributed by atoms with Gasteiger partial charge in [-0.2, -0.15) is 5.10 Å². The van der Waals surface area contributed by atoms with Crippen LogP contribution in [0.15, 0.2) is 6.33 Å². The third-order valence-electron chi connectivity index (χ3n) is 3.10. The predicted octanol–water partition coefficient (Wildman–Crippen LogP) is 2.00. The van der Waals surface area contributed by atoms with Gasteiger partial charge in [0.2, 0.25) is 0 Å². The van der Waals surface area contributed by atoms with Crippen molar-refractivity contribution in [2.24, 2.45) is 5.92 Å². The zero-order valence-corrected chi connectivity index (χ0v) is 9.65. The van der Waals surface area contributed by atoms with Crippen molar-refractivity contribution < 1.29 is 4.74 Å². The Morgan fingerprint density at radius 3 is 3.00 bits per heavy atom. The van der Waals surface area contributed by atoms with Crippen LogP contribution in [0.5, 0.6) is 0 Å². The van der Waals surface area contributed by atoms with Gasteiger partial charge in [0.1, 0.15) is 12.2 Å². The van der Waals surface area contributed by atoms with Crippen LogP contribution in [0, 0.1) is 5.92 Å². The summed E-state index contributed by atoms with van der Waals surface area (Å²) in [6, 6.07) is 0.366. The number of nitrogens with zero attached hydrogens (tertiary/aromatic N) is 3. The molecule has 4 nitrogen and oxygen atoms in total. The van der Waals surface area contributed by atoms with Crippen molar-refractivity contribution in [3.8, 4) is 0 Å². The Labute approximate surface area is 94.6 Å². The summed E-state index contributed by atoms with van der Waals surface area (Å²) in [4.78, 5) is 4.14. The molecular formula is C10H16ClN3O. The van der Waals surface area contributed by atoms with E-state index in [0.717, 1.165) is 31.9 Å². The van der Waals surface area contributed by atoms with Crippen LogP contribution < -0.4 is 0 Å². The van der Waals surface area contributed by atoms with Gasteiger partial charge in [-0.25, -0.2) is 9.67 Å². The summed E-state index contributed by atoms with van der Waals surface area (Å²) in [5.41, 5.74) is 0. The molecule has 0 bridgehead atoms. The van der Waals surface area contributed by atoms with E-state index in [9.17, 15) is 0 Å². The molecule has 0 amide bonds. The van der Waals surface area contributed by atoms with Crippen molar-refractivity contribution in [1.82, 2.24) is 14.8 Å². The fourth-order valence-electron chi connectivity index (χ4n) is 2.11.